The molecule has 1 fully saturated rings. The van der Waals surface area contributed by atoms with Crippen molar-refractivity contribution in [1.29, 1.82) is 0 Å². The number of hydrogen-bond donors (Lipinski definition) is 3. The monoisotopic (exact) mass is 576 g/mol. The summed E-state index contributed by atoms with van der Waals surface area (Å²) in [6, 6.07) is 6.40. The van der Waals surface area contributed by atoms with Crippen molar-refractivity contribution in [2.75, 3.05) is 39.1 Å². The van der Waals surface area contributed by atoms with E-state index in [0.29, 0.717) is 37.2 Å². The molecule has 1 saturated heterocycles. The van der Waals surface area contributed by atoms with Crippen LogP contribution in [0.25, 0.3) is 11.0 Å². The van der Waals surface area contributed by atoms with E-state index in [0.717, 1.165) is 53.3 Å². The Kier molecular flexibility index (Phi) is 8.96. The number of anilines is 1. The van der Waals surface area contributed by atoms with E-state index in [2.05, 4.69) is 43.4 Å². The van der Waals surface area contributed by atoms with E-state index in [1.54, 1.807) is 7.11 Å². The predicted octanol–water partition coefficient (Wildman–Crippen LogP) is 1.72. The van der Waals surface area contributed by atoms with Crippen molar-refractivity contribution in [3.8, 4) is 11.8 Å². The molecule has 1 aromatic carbocycles. The minimum absolute atomic E-state index is 0.0145. The molecule has 13 heteroatoms. The average molecular weight is 577 g/mol. The van der Waals surface area contributed by atoms with Gasteiger partial charge in [0.05, 0.1) is 19.4 Å². The van der Waals surface area contributed by atoms with Gasteiger partial charge in [-0.25, -0.2) is 0 Å². The van der Waals surface area contributed by atoms with Crippen LogP contribution in [0.4, 0.5) is 5.82 Å². The summed E-state index contributed by atoms with van der Waals surface area (Å²) in [5, 5.41) is 10.4. The number of carbonyl (C=O) groups excluding carboxylic acids is 3. The lowest BCUT2D eigenvalue weighted by atomic mass is 10.0. The molecule has 0 saturated carbocycles. The molecule has 1 atom stereocenters. The largest absolute Gasteiger partial charge is 0.496 e. The van der Waals surface area contributed by atoms with Gasteiger partial charge in [-0.05, 0) is 24.5 Å². The second-order valence-corrected chi connectivity index (χ2v) is 10.5. The van der Waals surface area contributed by atoms with Gasteiger partial charge in [0.15, 0.2) is 11.3 Å². The van der Waals surface area contributed by atoms with E-state index in [4.69, 9.17) is 15.2 Å². The molecule has 3 aromatic rings. The van der Waals surface area contributed by atoms with Crippen LogP contribution in [0, 0.1) is 0 Å². The molecule has 13 nitrogen and oxygen atoms in total. The Balaban J connectivity index is 1.17. The minimum atomic E-state index is -0.376. The zero-order chi connectivity index (χ0) is 29.6. The second kappa shape index (κ2) is 13.0. The molecule has 1 unspecified atom stereocenters. The average Bonchev–Trinajstić information content (AvgIpc) is 3.67. The van der Waals surface area contributed by atoms with Gasteiger partial charge in [0, 0.05) is 62.8 Å². The number of benzene rings is 1. The van der Waals surface area contributed by atoms with Gasteiger partial charge in [0.2, 0.25) is 5.91 Å². The number of carbonyl (C=O) groups is 3. The first-order chi connectivity index (χ1) is 20.3. The molecule has 5 rings (SSSR count). The Hall–Kier alpha value is -4.52. The number of nitrogens with zero attached hydrogens (tertiary/aromatic N) is 5. The molecule has 2 aromatic heterocycles. The highest BCUT2D eigenvalue weighted by molar-refractivity contribution is 6.13. The number of amides is 3. The minimum Gasteiger partial charge on any atom is -0.496 e. The Morgan fingerprint density at radius 3 is 2.76 bits per heavy atom. The fourth-order valence-electron chi connectivity index (χ4n) is 5.18. The number of ether oxygens (including phenoxy) is 2. The van der Waals surface area contributed by atoms with Crippen LogP contribution < -0.4 is 20.5 Å². The number of H-pyrrole nitrogens is 1. The number of nitrogens with one attached hydrogen (secondary N) is 2. The number of likely N-dealkylation sites (tertiary alicyclic amines) is 1. The van der Waals surface area contributed by atoms with Gasteiger partial charge in [-0.2, -0.15) is 15.1 Å². The summed E-state index contributed by atoms with van der Waals surface area (Å²) in [5.41, 5.74) is 10.1. The Morgan fingerprint density at radius 2 is 2.00 bits per heavy atom. The number of nitrogens with two attached hydrogens (primary N) is 1. The SMILES string of the molecule is CCCCOc1nc(N)c2n[nH]c(Cc3ccc(CN4CCC(NC(=O)CCN5C(=O)C=CC5=O)C4)cc3OC)c2n1. The van der Waals surface area contributed by atoms with E-state index < -0.39 is 0 Å². The summed E-state index contributed by atoms with van der Waals surface area (Å²) in [5.74, 6) is 0.101. The van der Waals surface area contributed by atoms with Crippen molar-refractivity contribution in [3.63, 3.8) is 0 Å². The van der Waals surface area contributed by atoms with E-state index >= 15 is 0 Å². The first kappa shape index (κ1) is 29.0. The quantitative estimate of drug-likeness (QED) is 0.201. The van der Waals surface area contributed by atoms with Crippen molar-refractivity contribution >= 4 is 34.6 Å². The van der Waals surface area contributed by atoms with Gasteiger partial charge < -0.3 is 20.5 Å². The highest BCUT2D eigenvalue weighted by atomic mass is 16.5. The van der Waals surface area contributed by atoms with Crippen LogP contribution in [0.15, 0.2) is 30.4 Å². The van der Waals surface area contributed by atoms with Crippen LogP contribution >= 0.6 is 0 Å². The summed E-state index contributed by atoms with van der Waals surface area (Å²) in [6.07, 6.45) is 5.78. The van der Waals surface area contributed by atoms with Crippen LogP contribution in [0.5, 0.6) is 11.8 Å². The van der Waals surface area contributed by atoms with Crippen molar-refractivity contribution < 1.29 is 23.9 Å². The van der Waals surface area contributed by atoms with Crippen LogP contribution in [-0.4, -0.2) is 87.1 Å². The fraction of sp³-hybridized carbons (Fsp3) is 0.448. The Morgan fingerprint density at radius 1 is 1.19 bits per heavy atom. The highest BCUT2D eigenvalue weighted by Crippen LogP contribution is 2.28. The van der Waals surface area contributed by atoms with E-state index in [1.165, 1.54) is 12.2 Å². The number of hydrogen-bond acceptors (Lipinski definition) is 10. The molecule has 222 valence electrons. The number of aromatic amines is 1. The van der Waals surface area contributed by atoms with Gasteiger partial charge in [-0.3, -0.25) is 29.3 Å². The van der Waals surface area contributed by atoms with Gasteiger partial charge in [0.25, 0.3) is 11.8 Å². The van der Waals surface area contributed by atoms with Crippen molar-refractivity contribution in [1.82, 2.24) is 35.3 Å². The third-order valence-corrected chi connectivity index (χ3v) is 7.43. The molecule has 0 radical (unpaired) electrons. The van der Waals surface area contributed by atoms with Crippen LogP contribution in [0.2, 0.25) is 0 Å². The van der Waals surface area contributed by atoms with Gasteiger partial charge >= 0.3 is 6.01 Å². The first-order valence-electron chi connectivity index (χ1n) is 14.2. The van der Waals surface area contributed by atoms with Gasteiger partial charge in [-0.15, -0.1) is 0 Å². The smallest absolute Gasteiger partial charge is 0.319 e. The van der Waals surface area contributed by atoms with Crippen molar-refractivity contribution in [2.45, 2.75) is 51.6 Å². The van der Waals surface area contributed by atoms with Gasteiger partial charge in [0.1, 0.15) is 11.3 Å². The van der Waals surface area contributed by atoms with Gasteiger partial charge in [-0.1, -0.05) is 25.5 Å². The van der Waals surface area contributed by atoms with E-state index in [-0.39, 0.29) is 48.6 Å². The summed E-state index contributed by atoms with van der Waals surface area (Å²) < 4.78 is 11.4. The number of aromatic nitrogens is 4. The summed E-state index contributed by atoms with van der Waals surface area (Å²) >= 11 is 0. The number of unbranched alkanes of at least 4 members (excludes halogenated alkanes) is 1. The molecule has 4 N–H and O–H groups in total. The molecule has 42 heavy (non-hydrogen) atoms. The van der Waals surface area contributed by atoms with Crippen molar-refractivity contribution in [2.24, 2.45) is 0 Å². The molecule has 4 heterocycles. The maximum absolute atomic E-state index is 12.4. The molecular formula is C29H36N8O5. The maximum atomic E-state index is 12.4. The maximum Gasteiger partial charge on any atom is 0.319 e. The Labute approximate surface area is 243 Å². The number of nitrogen functional groups attached to an aromatic ring is 1. The third kappa shape index (κ3) is 6.68. The molecule has 0 aliphatic carbocycles. The standard InChI is InChI=1S/C29H36N8O5/c1-3-4-13-42-29-32-26-21(34-35-27(26)28(30)33-29)15-19-6-5-18(14-22(19)41-2)16-36-11-9-20(17-36)31-23(38)10-12-37-24(39)7-8-25(37)40/h5-8,14,20H,3-4,9-13,15-17H2,1-2H3,(H,31,38)(H,34,35)(H2,30,32,33). The van der Waals surface area contributed by atoms with E-state index in [9.17, 15) is 14.4 Å². The molecule has 3 amide bonds. The molecular weight excluding hydrogens is 540 g/mol. The van der Waals surface area contributed by atoms with Crippen LogP contribution in [0.3, 0.4) is 0 Å². The topological polar surface area (TPSA) is 169 Å². The normalized spacial score (nSPS) is 17.0. The molecule has 2 aliphatic heterocycles. The second-order valence-electron chi connectivity index (χ2n) is 10.5. The lowest BCUT2D eigenvalue weighted by molar-refractivity contribution is -0.137. The zero-order valence-corrected chi connectivity index (χ0v) is 23.9. The predicted molar refractivity (Wildman–Crippen MR) is 155 cm³/mol. The van der Waals surface area contributed by atoms with Crippen LogP contribution in [-0.2, 0) is 27.3 Å². The Bertz CT molecular complexity index is 1480. The fourth-order valence-corrected chi connectivity index (χ4v) is 5.18. The molecule has 2 aliphatic rings. The van der Waals surface area contributed by atoms with Crippen molar-refractivity contribution in [3.05, 3.63) is 47.2 Å². The summed E-state index contributed by atoms with van der Waals surface area (Å²) in [4.78, 5) is 47.9. The third-order valence-electron chi connectivity index (χ3n) is 7.43. The number of fused-ring (bicyclic) bond motifs is 1. The number of methoxy groups -OCH3 is 1. The lowest BCUT2D eigenvalue weighted by Gasteiger charge is -2.18. The highest BCUT2D eigenvalue weighted by Gasteiger charge is 2.27. The summed E-state index contributed by atoms with van der Waals surface area (Å²) in [7, 11) is 1.65. The summed E-state index contributed by atoms with van der Waals surface area (Å²) in [6.45, 7) is 4.95. The number of rotatable bonds is 13. The molecule has 0 spiro atoms. The molecule has 0 bridgehead atoms. The van der Waals surface area contributed by atoms with Crippen LogP contribution in [0.1, 0.15) is 49.4 Å². The lowest BCUT2D eigenvalue weighted by Crippen LogP contribution is -2.39. The number of imide groups is 1. The van der Waals surface area contributed by atoms with E-state index in [1.807, 2.05) is 12.1 Å². The first-order valence-corrected chi connectivity index (χ1v) is 14.2. The zero-order valence-electron chi connectivity index (χ0n) is 23.9.